The van der Waals surface area contributed by atoms with Gasteiger partial charge in [0.2, 0.25) is 0 Å². The highest BCUT2D eigenvalue weighted by Gasteiger charge is 2.39. The van der Waals surface area contributed by atoms with E-state index in [2.05, 4.69) is 30.5 Å². The van der Waals surface area contributed by atoms with Crippen LogP contribution in [0.25, 0.3) is 0 Å². The van der Waals surface area contributed by atoms with Crippen molar-refractivity contribution in [3.63, 3.8) is 0 Å². The minimum atomic E-state index is -0.412. The van der Waals surface area contributed by atoms with E-state index < -0.39 is 6.10 Å². The molecule has 18 heavy (non-hydrogen) atoms. The van der Waals surface area contributed by atoms with Crippen molar-refractivity contribution in [3.05, 3.63) is 23.8 Å². The number of nitrogens with one attached hydrogen (secondary N) is 2. The third-order valence-electron chi connectivity index (χ3n) is 3.97. The Morgan fingerprint density at radius 3 is 2.78 bits per heavy atom. The number of amides is 1. The molecule has 0 spiro atoms. The lowest BCUT2D eigenvalue weighted by molar-refractivity contribution is -0.122. The number of carbonyl (C=O) groups excluding carboxylic acids is 1. The summed E-state index contributed by atoms with van der Waals surface area (Å²) in [5.74, 6) is 1.17. The maximum atomic E-state index is 11.6. The summed E-state index contributed by atoms with van der Waals surface area (Å²) in [6.07, 6.45) is -0.412. The van der Waals surface area contributed by atoms with Crippen LogP contribution >= 0.6 is 0 Å². The molecule has 2 unspecified atom stereocenters. The molecule has 1 fully saturated rings. The number of anilines is 1. The highest BCUT2D eigenvalue weighted by Crippen LogP contribution is 2.39. The summed E-state index contributed by atoms with van der Waals surface area (Å²) in [5, 5.41) is 6.31. The van der Waals surface area contributed by atoms with E-state index in [1.54, 1.807) is 6.92 Å². The standard InChI is InChI=1S/C14H18N2O2/c1-8-13(17)16-11-6-9(4-5-12(11)18-8)10-7-15-14(10,2)3/h4-6,8,10,15H,7H2,1-3H3,(H,16,17). The Labute approximate surface area is 107 Å². The summed E-state index contributed by atoms with van der Waals surface area (Å²) < 4.78 is 5.55. The zero-order chi connectivity index (χ0) is 12.9. The van der Waals surface area contributed by atoms with Gasteiger partial charge in [-0.25, -0.2) is 0 Å². The van der Waals surface area contributed by atoms with Gasteiger partial charge in [0, 0.05) is 18.0 Å². The van der Waals surface area contributed by atoms with Gasteiger partial charge in [-0.2, -0.15) is 0 Å². The summed E-state index contributed by atoms with van der Waals surface area (Å²) in [4.78, 5) is 11.6. The van der Waals surface area contributed by atoms with Crippen LogP contribution in [0.3, 0.4) is 0 Å². The average molecular weight is 246 g/mol. The molecule has 4 heteroatoms. The van der Waals surface area contributed by atoms with Crippen molar-refractivity contribution in [2.24, 2.45) is 0 Å². The second-order valence-corrected chi connectivity index (χ2v) is 5.66. The van der Waals surface area contributed by atoms with E-state index in [1.807, 2.05) is 12.1 Å². The fraction of sp³-hybridized carbons (Fsp3) is 0.500. The van der Waals surface area contributed by atoms with E-state index in [-0.39, 0.29) is 11.4 Å². The summed E-state index contributed by atoms with van der Waals surface area (Å²) in [6.45, 7) is 7.12. The van der Waals surface area contributed by atoms with Crippen molar-refractivity contribution in [2.75, 3.05) is 11.9 Å². The van der Waals surface area contributed by atoms with Crippen LogP contribution < -0.4 is 15.4 Å². The smallest absolute Gasteiger partial charge is 0.265 e. The highest BCUT2D eigenvalue weighted by molar-refractivity contribution is 5.97. The van der Waals surface area contributed by atoms with Gasteiger partial charge in [0.1, 0.15) is 5.75 Å². The minimum absolute atomic E-state index is 0.0781. The highest BCUT2D eigenvalue weighted by atomic mass is 16.5. The van der Waals surface area contributed by atoms with E-state index >= 15 is 0 Å². The van der Waals surface area contributed by atoms with Crippen LogP contribution in [0.2, 0.25) is 0 Å². The zero-order valence-electron chi connectivity index (χ0n) is 10.9. The molecule has 2 N–H and O–H groups in total. The van der Waals surface area contributed by atoms with Gasteiger partial charge < -0.3 is 15.4 Å². The van der Waals surface area contributed by atoms with Crippen molar-refractivity contribution in [2.45, 2.75) is 38.3 Å². The zero-order valence-corrected chi connectivity index (χ0v) is 10.9. The Morgan fingerprint density at radius 2 is 2.17 bits per heavy atom. The number of hydrogen-bond acceptors (Lipinski definition) is 3. The quantitative estimate of drug-likeness (QED) is 0.795. The van der Waals surface area contributed by atoms with Gasteiger partial charge >= 0.3 is 0 Å². The maximum absolute atomic E-state index is 11.6. The Bertz CT molecular complexity index is 511. The molecule has 96 valence electrons. The van der Waals surface area contributed by atoms with Crippen molar-refractivity contribution in [1.29, 1.82) is 0 Å². The molecule has 1 aromatic rings. The van der Waals surface area contributed by atoms with E-state index in [0.717, 1.165) is 18.0 Å². The normalized spacial score (nSPS) is 28.7. The first kappa shape index (κ1) is 11.5. The van der Waals surface area contributed by atoms with Gasteiger partial charge in [-0.05, 0) is 38.5 Å². The van der Waals surface area contributed by atoms with Crippen LogP contribution in [0.15, 0.2) is 18.2 Å². The second kappa shape index (κ2) is 3.72. The van der Waals surface area contributed by atoms with Crippen LogP contribution in [0.5, 0.6) is 5.75 Å². The summed E-state index contributed by atoms with van der Waals surface area (Å²) >= 11 is 0. The largest absolute Gasteiger partial charge is 0.479 e. The lowest BCUT2D eigenvalue weighted by Gasteiger charge is -2.46. The molecule has 1 aromatic carbocycles. The molecule has 0 saturated carbocycles. The molecular weight excluding hydrogens is 228 g/mol. The van der Waals surface area contributed by atoms with E-state index in [4.69, 9.17) is 4.74 Å². The average Bonchev–Trinajstić information content (AvgIpc) is 2.30. The predicted molar refractivity (Wildman–Crippen MR) is 70.0 cm³/mol. The minimum Gasteiger partial charge on any atom is -0.479 e. The molecule has 2 aliphatic rings. The Kier molecular flexibility index (Phi) is 2.38. The van der Waals surface area contributed by atoms with Crippen LogP contribution in [0.1, 0.15) is 32.3 Å². The van der Waals surface area contributed by atoms with E-state index in [1.165, 1.54) is 5.56 Å². The first-order valence-electron chi connectivity index (χ1n) is 6.34. The number of hydrogen-bond donors (Lipinski definition) is 2. The number of ether oxygens (including phenoxy) is 1. The van der Waals surface area contributed by atoms with Crippen LogP contribution in [-0.4, -0.2) is 24.1 Å². The number of rotatable bonds is 1. The number of fused-ring (bicyclic) bond motifs is 1. The van der Waals surface area contributed by atoms with Gasteiger partial charge in [0.05, 0.1) is 5.69 Å². The Morgan fingerprint density at radius 1 is 1.39 bits per heavy atom. The van der Waals surface area contributed by atoms with Crippen LogP contribution in [0.4, 0.5) is 5.69 Å². The van der Waals surface area contributed by atoms with Crippen molar-refractivity contribution in [1.82, 2.24) is 5.32 Å². The van der Waals surface area contributed by atoms with Crippen molar-refractivity contribution >= 4 is 11.6 Å². The third-order valence-corrected chi connectivity index (χ3v) is 3.97. The van der Waals surface area contributed by atoms with Gasteiger partial charge in [-0.1, -0.05) is 6.07 Å². The summed E-state index contributed by atoms with van der Waals surface area (Å²) in [6, 6.07) is 6.08. The number of carbonyl (C=O) groups is 1. The Balaban J connectivity index is 1.92. The molecule has 0 aromatic heterocycles. The monoisotopic (exact) mass is 246 g/mol. The topological polar surface area (TPSA) is 50.4 Å². The predicted octanol–water partition coefficient (Wildman–Crippen LogP) is 1.87. The Hall–Kier alpha value is -1.55. The second-order valence-electron chi connectivity index (χ2n) is 5.66. The molecule has 0 radical (unpaired) electrons. The molecule has 0 aliphatic carbocycles. The fourth-order valence-electron chi connectivity index (χ4n) is 2.59. The first-order chi connectivity index (χ1) is 8.47. The molecular formula is C14H18N2O2. The molecule has 2 aliphatic heterocycles. The number of benzene rings is 1. The SMILES string of the molecule is CC1Oc2ccc(C3CNC3(C)C)cc2NC1=O. The lowest BCUT2D eigenvalue weighted by Crippen LogP contribution is -2.59. The molecule has 1 amide bonds. The third kappa shape index (κ3) is 1.68. The summed E-state index contributed by atoms with van der Waals surface area (Å²) in [5.41, 5.74) is 2.16. The van der Waals surface area contributed by atoms with Gasteiger partial charge in [-0.15, -0.1) is 0 Å². The summed E-state index contributed by atoms with van der Waals surface area (Å²) in [7, 11) is 0. The molecule has 4 nitrogen and oxygen atoms in total. The molecule has 2 atom stereocenters. The molecule has 0 bridgehead atoms. The van der Waals surface area contributed by atoms with E-state index in [0.29, 0.717) is 5.92 Å². The van der Waals surface area contributed by atoms with Crippen molar-refractivity contribution in [3.8, 4) is 5.75 Å². The van der Waals surface area contributed by atoms with Crippen molar-refractivity contribution < 1.29 is 9.53 Å². The lowest BCUT2D eigenvalue weighted by atomic mass is 9.75. The van der Waals surface area contributed by atoms with Crippen LogP contribution in [-0.2, 0) is 4.79 Å². The van der Waals surface area contributed by atoms with Gasteiger partial charge in [0.15, 0.2) is 6.10 Å². The van der Waals surface area contributed by atoms with Gasteiger partial charge in [-0.3, -0.25) is 4.79 Å². The van der Waals surface area contributed by atoms with E-state index in [9.17, 15) is 4.79 Å². The van der Waals surface area contributed by atoms with Crippen LogP contribution in [0, 0.1) is 0 Å². The molecule has 3 rings (SSSR count). The molecule has 2 heterocycles. The van der Waals surface area contributed by atoms with Gasteiger partial charge in [0.25, 0.3) is 5.91 Å². The fourth-order valence-corrected chi connectivity index (χ4v) is 2.59. The first-order valence-corrected chi connectivity index (χ1v) is 6.34. The molecule has 1 saturated heterocycles. The maximum Gasteiger partial charge on any atom is 0.265 e.